The highest BCUT2D eigenvalue weighted by Gasteiger charge is 2.38. The number of fused-ring (bicyclic) bond motifs is 3. The summed E-state index contributed by atoms with van der Waals surface area (Å²) in [6.45, 7) is 4.35. The van der Waals surface area contributed by atoms with Gasteiger partial charge in [-0.15, -0.1) is 10.8 Å². The summed E-state index contributed by atoms with van der Waals surface area (Å²) in [6.07, 6.45) is 1.77. The van der Waals surface area contributed by atoms with Crippen LogP contribution in [0.2, 0.25) is 0 Å². The van der Waals surface area contributed by atoms with Crippen LogP contribution in [0.1, 0.15) is 26.7 Å². The van der Waals surface area contributed by atoms with Gasteiger partial charge in [0.25, 0.3) is 0 Å². The van der Waals surface area contributed by atoms with Crippen LogP contribution >= 0.6 is 10.8 Å². The van der Waals surface area contributed by atoms with E-state index in [2.05, 4.69) is 14.3 Å². The Labute approximate surface area is 172 Å². The molecule has 0 amide bonds. The van der Waals surface area contributed by atoms with Crippen LogP contribution in [0.25, 0.3) is 0 Å². The lowest BCUT2D eigenvalue weighted by atomic mass is 10.2. The molecule has 0 spiro atoms. The van der Waals surface area contributed by atoms with E-state index < -0.39 is 20.8 Å². The van der Waals surface area contributed by atoms with E-state index in [0.717, 1.165) is 25.1 Å². The molecule has 4 N–H and O–H groups in total. The standard InChI is InChI=1S/C19H25N3O5S2/c1-13(2)20-28(23,24)16-6-3-5-14(11-16)27-15-8-9-17-18(12-15)29(25,26)21-19-7-4-10-22(17)19/h3,5-6,8-9,11-13,19-21,25-26H,4,7,10H2,1-2H3. The van der Waals surface area contributed by atoms with E-state index >= 15 is 0 Å². The second kappa shape index (κ2) is 7.46. The first-order valence-corrected chi connectivity index (χ1v) is 12.5. The van der Waals surface area contributed by atoms with E-state index in [1.807, 2.05) is 6.07 Å². The number of hydrogen-bond acceptors (Lipinski definition) is 7. The van der Waals surface area contributed by atoms with Crippen LogP contribution in [-0.2, 0) is 10.0 Å². The number of nitrogens with zero attached hydrogens (tertiary/aromatic N) is 1. The van der Waals surface area contributed by atoms with Crippen LogP contribution in [0.5, 0.6) is 11.5 Å². The minimum atomic E-state index is -3.64. The molecule has 1 saturated heterocycles. The largest absolute Gasteiger partial charge is 0.457 e. The van der Waals surface area contributed by atoms with Crippen LogP contribution < -0.4 is 19.1 Å². The highest BCUT2D eigenvalue weighted by Crippen LogP contribution is 2.55. The summed E-state index contributed by atoms with van der Waals surface area (Å²) >= 11 is 0. The van der Waals surface area contributed by atoms with E-state index in [1.165, 1.54) is 12.1 Å². The minimum Gasteiger partial charge on any atom is -0.457 e. The summed E-state index contributed by atoms with van der Waals surface area (Å²) in [6, 6.07) is 11.1. The van der Waals surface area contributed by atoms with Gasteiger partial charge in [0.1, 0.15) is 16.4 Å². The fourth-order valence-electron chi connectivity index (χ4n) is 3.67. The normalized spacial score (nSPS) is 21.6. The third-order valence-corrected chi connectivity index (χ3v) is 8.04. The molecule has 2 aromatic carbocycles. The molecular weight excluding hydrogens is 414 g/mol. The van der Waals surface area contributed by atoms with Gasteiger partial charge in [-0.1, -0.05) is 6.07 Å². The summed E-state index contributed by atoms with van der Waals surface area (Å²) in [5, 5.41) is 0. The van der Waals surface area contributed by atoms with Crippen molar-refractivity contribution < 1.29 is 22.3 Å². The van der Waals surface area contributed by atoms with E-state index in [1.54, 1.807) is 38.1 Å². The van der Waals surface area contributed by atoms with Gasteiger partial charge < -0.3 is 9.64 Å². The lowest BCUT2D eigenvalue weighted by Gasteiger charge is -2.46. The van der Waals surface area contributed by atoms with Gasteiger partial charge in [0.05, 0.1) is 16.7 Å². The maximum absolute atomic E-state index is 12.4. The van der Waals surface area contributed by atoms with Crippen molar-refractivity contribution in [2.45, 2.75) is 48.7 Å². The molecule has 10 heteroatoms. The lowest BCUT2D eigenvalue weighted by Crippen LogP contribution is -2.46. The topological polar surface area (TPSA) is 111 Å². The van der Waals surface area contributed by atoms with Gasteiger partial charge in [-0.2, -0.15) is 4.72 Å². The summed E-state index contributed by atoms with van der Waals surface area (Å²) in [5.74, 6) is 0.741. The maximum atomic E-state index is 12.4. The first-order valence-electron chi connectivity index (χ1n) is 9.42. The van der Waals surface area contributed by atoms with Crippen molar-refractivity contribution in [3.63, 3.8) is 0 Å². The molecule has 4 rings (SSSR count). The molecule has 8 nitrogen and oxygen atoms in total. The van der Waals surface area contributed by atoms with Crippen LogP contribution in [0.15, 0.2) is 52.3 Å². The van der Waals surface area contributed by atoms with Gasteiger partial charge >= 0.3 is 0 Å². The third-order valence-electron chi connectivity index (χ3n) is 4.84. The molecule has 1 unspecified atom stereocenters. The minimum absolute atomic E-state index is 0.0744. The Morgan fingerprint density at radius 3 is 2.72 bits per heavy atom. The number of benzene rings is 2. The number of sulfonamides is 1. The number of rotatable bonds is 5. The van der Waals surface area contributed by atoms with Gasteiger partial charge in [0, 0.05) is 24.7 Å². The van der Waals surface area contributed by atoms with Gasteiger partial charge in [0.2, 0.25) is 10.0 Å². The predicted octanol–water partition coefficient (Wildman–Crippen LogP) is 3.72. The Balaban J connectivity index is 1.62. The van der Waals surface area contributed by atoms with Gasteiger partial charge in [-0.3, -0.25) is 9.11 Å². The van der Waals surface area contributed by atoms with Crippen molar-refractivity contribution in [2.24, 2.45) is 0 Å². The zero-order chi connectivity index (χ0) is 20.8. The third kappa shape index (κ3) is 4.09. The van der Waals surface area contributed by atoms with Crippen LogP contribution in [0, 0.1) is 0 Å². The second-order valence-corrected chi connectivity index (χ2v) is 11.0. The molecule has 2 aromatic rings. The Hall–Kier alpha value is -1.82. The quantitative estimate of drug-likeness (QED) is 0.562. The molecule has 0 bridgehead atoms. The number of hydrogen-bond donors (Lipinski definition) is 4. The molecule has 2 aliphatic heterocycles. The highest BCUT2D eigenvalue weighted by molar-refractivity contribution is 8.22. The van der Waals surface area contributed by atoms with Gasteiger partial charge in [0.15, 0.2) is 0 Å². The highest BCUT2D eigenvalue weighted by atomic mass is 32.3. The molecule has 1 fully saturated rings. The van der Waals surface area contributed by atoms with Crippen LogP contribution in [-0.4, -0.2) is 36.3 Å². The monoisotopic (exact) mass is 439 g/mol. The average Bonchev–Trinajstić information content (AvgIpc) is 3.08. The second-order valence-electron chi connectivity index (χ2n) is 7.50. The van der Waals surface area contributed by atoms with Gasteiger partial charge in [-0.05, 0) is 51.0 Å². The van der Waals surface area contributed by atoms with E-state index in [0.29, 0.717) is 16.4 Å². The Morgan fingerprint density at radius 2 is 1.97 bits per heavy atom. The van der Waals surface area contributed by atoms with Crippen molar-refractivity contribution in [1.82, 2.24) is 9.44 Å². The van der Waals surface area contributed by atoms with E-state index in [-0.39, 0.29) is 17.1 Å². The Morgan fingerprint density at radius 1 is 1.21 bits per heavy atom. The summed E-state index contributed by atoms with van der Waals surface area (Å²) in [4.78, 5) is 2.62. The van der Waals surface area contributed by atoms with E-state index in [4.69, 9.17) is 4.74 Å². The molecule has 0 aliphatic carbocycles. The van der Waals surface area contributed by atoms with E-state index in [9.17, 15) is 17.5 Å². The summed E-state index contributed by atoms with van der Waals surface area (Å²) in [7, 11) is -6.77. The summed E-state index contributed by atoms with van der Waals surface area (Å²) < 4.78 is 57.2. The van der Waals surface area contributed by atoms with Crippen molar-refractivity contribution >= 4 is 26.5 Å². The fourth-order valence-corrected chi connectivity index (χ4v) is 6.47. The molecule has 0 saturated carbocycles. The van der Waals surface area contributed by atoms with Gasteiger partial charge in [-0.25, -0.2) is 13.1 Å². The number of anilines is 1. The number of ether oxygens (including phenoxy) is 1. The van der Waals surface area contributed by atoms with Crippen molar-refractivity contribution in [3.8, 4) is 11.5 Å². The maximum Gasteiger partial charge on any atom is 0.240 e. The molecule has 29 heavy (non-hydrogen) atoms. The summed E-state index contributed by atoms with van der Waals surface area (Å²) in [5.41, 5.74) is 0.788. The Bertz CT molecular complexity index is 1030. The fraction of sp³-hybridized carbons (Fsp3) is 0.368. The van der Waals surface area contributed by atoms with Crippen molar-refractivity contribution in [3.05, 3.63) is 42.5 Å². The molecular formula is C19H25N3O5S2. The molecule has 2 aliphatic rings. The Kier molecular flexibility index (Phi) is 5.26. The first kappa shape index (κ1) is 20.5. The zero-order valence-corrected chi connectivity index (χ0v) is 17.8. The van der Waals surface area contributed by atoms with Crippen LogP contribution in [0.4, 0.5) is 5.69 Å². The number of nitrogens with one attached hydrogen (secondary N) is 2. The molecule has 158 valence electrons. The average molecular weight is 440 g/mol. The van der Waals surface area contributed by atoms with Crippen molar-refractivity contribution in [2.75, 3.05) is 11.4 Å². The molecule has 1 atom stereocenters. The lowest BCUT2D eigenvalue weighted by molar-refractivity contribution is 0.439. The smallest absolute Gasteiger partial charge is 0.240 e. The first-order chi connectivity index (χ1) is 13.7. The van der Waals surface area contributed by atoms with Crippen LogP contribution in [0.3, 0.4) is 0 Å². The van der Waals surface area contributed by atoms with Crippen molar-refractivity contribution in [1.29, 1.82) is 0 Å². The molecule has 0 aromatic heterocycles. The SMILES string of the molecule is CC(C)NS(=O)(=O)c1cccc(Oc2ccc3c(c2)S(O)(O)NC2CCCN32)c1. The zero-order valence-electron chi connectivity index (χ0n) is 16.2. The predicted molar refractivity (Wildman–Crippen MR) is 113 cm³/mol. The molecule has 0 radical (unpaired) electrons. The molecule has 2 heterocycles.